The highest BCUT2D eigenvalue weighted by atomic mass is 32.2. The van der Waals surface area contributed by atoms with Gasteiger partial charge in [-0.2, -0.15) is 0 Å². The first-order chi connectivity index (χ1) is 10.9. The smallest absolute Gasteiger partial charge is 0.243 e. The molecule has 3 rings (SSSR count). The third-order valence-electron chi connectivity index (χ3n) is 5.16. The van der Waals surface area contributed by atoms with E-state index in [1.165, 1.54) is 23.6 Å². The van der Waals surface area contributed by atoms with Gasteiger partial charge < -0.3 is 5.32 Å². The molecule has 5 nitrogen and oxygen atoms in total. The molecular formula is C17H24N2O3S. The minimum Gasteiger partial charge on any atom is -0.351 e. The number of nitrogens with zero attached hydrogens (tertiary/aromatic N) is 1. The van der Waals surface area contributed by atoms with Crippen molar-refractivity contribution in [3.63, 3.8) is 0 Å². The number of sulfonamides is 1. The number of rotatable bonds is 5. The maximum absolute atomic E-state index is 12.6. The Morgan fingerprint density at radius 1 is 1.22 bits per heavy atom. The molecule has 0 spiro atoms. The molecule has 0 unspecified atom stereocenters. The minimum absolute atomic E-state index is 0.209. The number of nitrogens with one attached hydrogen (secondary N) is 1. The van der Waals surface area contributed by atoms with Crippen molar-refractivity contribution in [2.24, 2.45) is 11.8 Å². The third kappa shape index (κ3) is 3.37. The van der Waals surface area contributed by atoms with Crippen LogP contribution in [0, 0.1) is 11.8 Å². The monoisotopic (exact) mass is 336 g/mol. The predicted molar refractivity (Wildman–Crippen MR) is 90.6 cm³/mol. The van der Waals surface area contributed by atoms with E-state index in [-0.39, 0.29) is 11.9 Å². The highest BCUT2D eigenvalue weighted by Gasteiger charge is 2.41. The number of fused-ring (bicyclic) bond motifs is 2. The lowest BCUT2D eigenvalue weighted by Gasteiger charge is -2.30. The summed E-state index contributed by atoms with van der Waals surface area (Å²) in [5.74, 6) is 1.09. The quantitative estimate of drug-likeness (QED) is 0.896. The van der Waals surface area contributed by atoms with E-state index in [9.17, 15) is 13.2 Å². The van der Waals surface area contributed by atoms with E-state index in [1.807, 2.05) is 6.07 Å². The average Bonchev–Trinajstić information content (AvgIpc) is 3.09. The second-order valence-corrected chi connectivity index (χ2v) is 8.72. The van der Waals surface area contributed by atoms with Crippen LogP contribution in [0.3, 0.4) is 0 Å². The number of amides is 1. The Labute approximate surface area is 138 Å². The van der Waals surface area contributed by atoms with Gasteiger partial charge in [0.2, 0.25) is 15.9 Å². The first-order valence-electron chi connectivity index (χ1n) is 8.21. The standard InChI is InChI=1S/C17H24N2O3S/c1-12(17(20)18-16-11-13-8-9-14(16)10-13)19(23(2,21)22)15-6-4-3-5-7-15/h3-7,12-14,16H,8-11H2,1-2H3,(H,18,20)/t12-,13-,14-,16+/m0/s1. The van der Waals surface area contributed by atoms with Crippen molar-refractivity contribution < 1.29 is 13.2 Å². The normalized spacial score (nSPS) is 27.7. The summed E-state index contributed by atoms with van der Waals surface area (Å²) in [6.07, 6.45) is 5.83. The van der Waals surface area contributed by atoms with Gasteiger partial charge in [0.15, 0.2) is 0 Å². The Bertz CT molecular complexity index is 674. The molecule has 6 heteroatoms. The molecule has 1 amide bonds. The number of hydrogen-bond acceptors (Lipinski definition) is 3. The topological polar surface area (TPSA) is 66.5 Å². The minimum atomic E-state index is -3.53. The zero-order valence-corrected chi connectivity index (χ0v) is 14.4. The number of carbonyl (C=O) groups is 1. The highest BCUT2D eigenvalue weighted by Crippen LogP contribution is 2.44. The molecule has 2 aliphatic carbocycles. The fourth-order valence-electron chi connectivity index (χ4n) is 4.11. The van der Waals surface area contributed by atoms with Gasteiger partial charge in [-0.05, 0) is 50.2 Å². The van der Waals surface area contributed by atoms with Gasteiger partial charge in [-0.1, -0.05) is 24.6 Å². The lowest BCUT2D eigenvalue weighted by molar-refractivity contribution is -0.122. The summed E-state index contributed by atoms with van der Waals surface area (Å²) in [5, 5.41) is 3.09. The van der Waals surface area contributed by atoms with Crippen LogP contribution in [0.5, 0.6) is 0 Å². The summed E-state index contributed by atoms with van der Waals surface area (Å²) in [6, 6.07) is 8.24. The maximum Gasteiger partial charge on any atom is 0.243 e. The van der Waals surface area contributed by atoms with Crippen LogP contribution >= 0.6 is 0 Å². The van der Waals surface area contributed by atoms with Crippen molar-refractivity contribution in [3.05, 3.63) is 30.3 Å². The fourth-order valence-corrected chi connectivity index (χ4v) is 5.28. The molecule has 0 aromatic heterocycles. The van der Waals surface area contributed by atoms with Crippen LogP contribution in [-0.2, 0) is 14.8 Å². The molecule has 23 heavy (non-hydrogen) atoms. The van der Waals surface area contributed by atoms with Gasteiger partial charge in [0.25, 0.3) is 0 Å². The van der Waals surface area contributed by atoms with Gasteiger partial charge in [0.1, 0.15) is 6.04 Å². The molecule has 1 aromatic rings. The summed E-state index contributed by atoms with van der Waals surface area (Å²) in [7, 11) is -3.53. The molecule has 1 aromatic carbocycles. The Hall–Kier alpha value is -1.56. The molecule has 0 aliphatic heterocycles. The highest BCUT2D eigenvalue weighted by molar-refractivity contribution is 7.92. The first kappa shape index (κ1) is 16.3. The molecule has 2 bridgehead atoms. The van der Waals surface area contributed by atoms with E-state index in [2.05, 4.69) is 5.32 Å². The molecule has 126 valence electrons. The lowest BCUT2D eigenvalue weighted by Crippen LogP contribution is -2.51. The van der Waals surface area contributed by atoms with E-state index < -0.39 is 16.1 Å². The summed E-state index contributed by atoms with van der Waals surface area (Å²) in [6.45, 7) is 1.65. The van der Waals surface area contributed by atoms with Gasteiger partial charge in [0, 0.05) is 6.04 Å². The fraction of sp³-hybridized carbons (Fsp3) is 0.588. The largest absolute Gasteiger partial charge is 0.351 e. The number of para-hydroxylation sites is 1. The van der Waals surface area contributed by atoms with Crippen LogP contribution in [0.15, 0.2) is 30.3 Å². The van der Waals surface area contributed by atoms with Crippen LogP contribution in [0.2, 0.25) is 0 Å². The molecule has 2 aliphatic rings. The second-order valence-electron chi connectivity index (χ2n) is 6.86. The van der Waals surface area contributed by atoms with Crippen molar-refractivity contribution >= 4 is 21.6 Å². The summed E-state index contributed by atoms with van der Waals surface area (Å²) >= 11 is 0. The van der Waals surface area contributed by atoms with E-state index in [0.717, 1.165) is 18.6 Å². The van der Waals surface area contributed by atoms with Crippen LogP contribution in [0.25, 0.3) is 0 Å². The van der Waals surface area contributed by atoms with Crippen molar-refractivity contribution in [2.75, 3.05) is 10.6 Å². The SMILES string of the molecule is C[C@@H](C(=O)N[C@@H]1C[C@H]2CC[C@H]1C2)N(c1ccccc1)S(C)(=O)=O. The lowest BCUT2D eigenvalue weighted by atomic mass is 9.95. The van der Waals surface area contributed by atoms with Gasteiger partial charge in [-0.15, -0.1) is 0 Å². The van der Waals surface area contributed by atoms with Crippen molar-refractivity contribution in [2.45, 2.75) is 44.7 Å². The van der Waals surface area contributed by atoms with E-state index >= 15 is 0 Å². The Balaban J connectivity index is 1.75. The summed E-state index contributed by atoms with van der Waals surface area (Å²) in [5.41, 5.74) is 0.519. The van der Waals surface area contributed by atoms with Crippen LogP contribution in [0.4, 0.5) is 5.69 Å². The number of benzene rings is 1. The average molecular weight is 336 g/mol. The second kappa shape index (κ2) is 6.15. The summed E-state index contributed by atoms with van der Waals surface area (Å²) < 4.78 is 25.6. The van der Waals surface area contributed by atoms with Crippen molar-refractivity contribution in [1.29, 1.82) is 0 Å². The van der Waals surface area contributed by atoms with E-state index in [0.29, 0.717) is 11.6 Å². The zero-order chi connectivity index (χ0) is 16.6. The predicted octanol–water partition coefficient (Wildman–Crippen LogP) is 2.15. The molecule has 0 heterocycles. The Morgan fingerprint density at radius 3 is 2.43 bits per heavy atom. The third-order valence-corrected chi connectivity index (χ3v) is 6.41. The van der Waals surface area contributed by atoms with Gasteiger partial charge in [-0.3, -0.25) is 9.10 Å². The Morgan fingerprint density at radius 2 is 1.91 bits per heavy atom. The van der Waals surface area contributed by atoms with Crippen LogP contribution < -0.4 is 9.62 Å². The number of anilines is 1. The molecule has 2 fully saturated rings. The van der Waals surface area contributed by atoms with Gasteiger partial charge in [0.05, 0.1) is 11.9 Å². The Kier molecular flexibility index (Phi) is 4.36. The molecular weight excluding hydrogens is 312 g/mol. The molecule has 4 atom stereocenters. The van der Waals surface area contributed by atoms with Crippen LogP contribution in [-0.4, -0.2) is 32.7 Å². The molecule has 2 saturated carbocycles. The van der Waals surface area contributed by atoms with E-state index in [4.69, 9.17) is 0 Å². The first-order valence-corrected chi connectivity index (χ1v) is 10.1. The van der Waals surface area contributed by atoms with Gasteiger partial charge >= 0.3 is 0 Å². The number of hydrogen-bond donors (Lipinski definition) is 1. The molecule has 1 N–H and O–H groups in total. The molecule has 0 saturated heterocycles. The summed E-state index contributed by atoms with van der Waals surface area (Å²) in [4.78, 5) is 12.6. The van der Waals surface area contributed by atoms with Crippen molar-refractivity contribution in [3.8, 4) is 0 Å². The maximum atomic E-state index is 12.6. The number of carbonyl (C=O) groups excluding carboxylic acids is 1. The van der Waals surface area contributed by atoms with Crippen molar-refractivity contribution in [1.82, 2.24) is 5.32 Å². The van der Waals surface area contributed by atoms with Gasteiger partial charge in [-0.25, -0.2) is 8.42 Å². The van der Waals surface area contributed by atoms with E-state index in [1.54, 1.807) is 31.2 Å². The molecule has 0 radical (unpaired) electrons. The zero-order valence-electron chi connectivity index (χ0n) is 13.6. The van der Waals surface area contributed by atoms with Crippen LogP contribution in [0.1, 0.15) is 32.6 Å².